The minimum Gasteiger partial charge on any atom is -0.428 e. The molecule has 0 amide bonds. The lowest BCUT2D eigenvalue weighted by molar-refractivity contribution is 0.0248. The predicted octanol–water partition coefficient (Wildman–Crippen LogP) is 4.54. The van der Waals surface area contributed by atoms with E-state index in [4.69, 9.17) is 9.15 Å². The molecule has 2 bridgehead atoms. The Balaban J connectivity index is 1.62. The Kier molecular flexibility index (Phi) is 3.87. The van der Waals surface area contributed by atoms with Gasteiger partial charge in [-0.05, 0) is 18.1 Å². The van der Waals surface area contributed by atoms with E-state index in [0.29, 0.717) is 17.9 Å². The molecule has 3 atom stereocenters. The van der Waals surface area contributed by atoms with Crippen molar-refractivity contribution in [3.05, 3.63) is 99.6 Å². The lowest BCUT2D eigenvalue weighted by Crippen LogP contribution is -2.39. The van der Waals surface area contributed by atoms with Crippen LogP contribution in [0.5, 0.6) is 0 Å². The van der Waals surface area contributed by atoms with Crippen molar-refractivity contribution in [2.24, 2.45) is 0 Å². The zero-order valence-electron chi connectivity index (χ0n) is 15.2. The molecular formula is C23H21NO3. The Hall–Kier alpha value is -2.85. The van der Waals surface area contributed by atoms with Gasteiger partial charge in [0.15, 0.2) is 0 Å². The second-order valence-electron chi connectivity index (χ2n) is 7.32. The van der Waals surface area contributed by atoms with Gasteiger partial charge in [0.05, 0.1) is 11.3 Å². The van der Waals surface area contributed by atoms with E-state index >= 15 is 0 Å². The highest BCUT2D eigenvalue weighted by molar-refractivity contribution is 5.58. The minimum absolute atomic E-state index is 0.0471. The van der Waals surface area contributed by atoms with Crippen molar-refractivity contribution in [3.8, 4) is 0 Å². The van der Waals surface area contributed by atoms with Crippen LogP contribution in [0.1, 0.15) is 40.9 Å². The molecule has 0 N–H and O–H groups in total. The fourth-order valence-electron chi connectivity index (χ4n) is 4.37. The maximum Gasteiger partial charge on any atom is 0.343 e. The fourth-order valence-corrected chi connectivity index (χ4v) is 4.37. The van der Waals surface area contributed by atoms with Crippen molar-refractivity contribution >= 4 is 5.69 Å². The smallest absolute Gasteiger partial charge is 0.343 e. The van der Waals surface area contributed by atoms with Gasteiger partial charge >= 0.3 is 5.63 Å². The first kappa shape index (κ1) is 16.3. The monoisotopic (exact) mass is 359 g/mol. The van der Waals surface area contributed by atoms with Gasteiger partial charge in [0.1, 0.15) is 18.1 Å². The van der Waals surface area contributed by atoms with Crippen LogP contribution < -0.4 is 10.5 Å². The van der Waals surface area contributed by atoms with Crippen molar-refractivity contribution in [2.45, 2.75) is 38.1 Å². The van der Waals surface area contributed by atoms with Crippen LogP contribution in [0.3, 0.4) is 0 Å². The Bertz CT molecular complexity index is 1010. The summed E-state index contributed by atoms with van der Waals surface area (Å²) in [6.07, 6.45) is 0.555. The van der Waals surface area contributed by atoms with Crippen LogP contribution in [-0.4, -0.2) is 6.23 Å². The van der Waals surface area contributed by atoms with Crippen molar-refractivity contribution in [2.75, 3.05) is 4.90 Å². The van der Waals surface area contributed by atoms with Gasteiger partial charge in [-0.25, -0.2) is 4.79 Å². The third-order valence-electron chi connectivity index (χ3n) is 5.58. The molecule has 1 saturated heterocycles. The quantitative estimate of drug-likeness (QED) is 0.689. The number of hydrogen-bond donors (Lipinski definition) is 0. The highest BCUT2D eigenvalue weighted by atomic mass is 16.5. The van der Waals surface area contributed by atoms with Crippen molar-refractivity contribution < 1.29 is 9.15 Å². The third kappa shape index (κ3) is 2.77. The van der Waals surface area contributed by atoms with Crippen LogP contribution in [0.4, 0.5) is 5.69 Å². The summed E-state index contributed by atoms with van der Waals surface area (Å²) in [5.41, 5.74) is 3.72. The Morgan fingerprint density at radius 2 is 1.74 bits per heavy atom. The number of anilines is 1. The zero-order valence-corrected chi connectivity index (χ0v) is 15.2. The second-order valence-corrected chi connectivity index (χ2v) is 7.32. The number of aryl methyl sites for hydroxylation is 1. The van der Waals surface area contributed by atoms with Crippen LogP contribution in [-0.2, 0) is 11.3 Å². The van der Waals surface area contributed by atoms with E-state index in [1.807, 2.05) is 49.4 Å². The molecule has 3 aromatic rings. The summed E-state index contributed by atoms with van der Waals surface area (Å²) < 4.78 is 11.8. The average Bonchev–Trinajstić information content (AvgIpc) is 3.06. The predicted molar refractivity (Wildman–Crippen MR) is 104 cm³/mol. The highest BCUT2D eigenvalue weighted by Crippen LogP contribution is 2.52. The van der Waals surface area contributed by atoms with Crippen molar-refractivity contribution in [1.82, 2.24) is 0 Å². The summed E-state index contributed by atoms with van der Waals surface area (Å²) in [6, 6.07) is 22.6. The van der Waals surface area contributed by atoms with Gasteiger partial charge in [-0.1, -0.05) is 60.7 Å². The normalized spacial score (nSPS) is 23.3. The van der Waals surface area contributed by atoms with Crippen LogP contribution in [0, 0.1) is 6.92 Å². The molecule has 0 aliphatic carbocycles. The summed E-state index contributed by atoms with van der Waals surface area (Å²) in [5, 5.41) is 0. The number of hydrogen-bond acceptors (Lipinski definition) is 4. The molecule has 0 radical (unpaired) electrons. The van der Waals surface area contributed by atoms with Gasteiger partial charge in [-0.15, -0.1) is 0 Å². The number of nitrogens with zero attached hydrogens (tertiary/aromatic N) is 1. The summed E-state index contributed by atoms with van der Waals surface area (Å²) in [6.45, 7) is 2.53. The van der Waals surface area contributed by atoms with Gasteiger partial charge in [0, 0.05) is 24.9 Å². The van der Waals surface area contributed by atoms with E-state index in [0.717, 1.165) is 12.1 Å². The van der Waals surface area contributed by atoms with E-state index in [-0.39, 0.29) is 23.9 Å². The highest BCUT2D eigenvalue weighted by Gasteiger charge is 2.47. The first-order valence-electron chi connectivity index (χ1n) is 9.36. The molecule has 2 aliphatic heterocycles. The molecule has 4 nitrogen and oxygen atoms in total. The Morgan fingerprint density at radius 3 is 2.48 bits per heavy atom. The SMILES string of the molecule is Cc1cc2c(c(=O)o1)[C@@H]1O[C@@H](C[C@H]1c1ccccc1)N2Cc1ccccc1. The molecule has 0 unspecified atom stereocenters. The maximum absolute atomic E-state index is 12.8. The number of benzene rings is 2. The molecular weight excluding hydrogens is 338 g/mol. The fraction of sp³-hybridized carbons (Fsp3) is 0.261. The van der Waals surface area contributed by atoms with Crippen LogP contribution in [0.25, 0.3) is 0 Å². The number of ether oxygens (including phenoxy) is 1. The van der Waals surface area contributed by atoms with E-state index in [9.17, 15) is 4.79 Å². The molecule has 3 heterocycles. The molecule has 136 valence electrons. The maximum atomic E-state index is 12.8. The van der Waals surface area contributed by atoms with Crippen LogP contribution >= 0.6 is 0 Å². The summed E-state index contributed by atoms with van der Waals surface area (Å²) >= 11 is 0. The third-order valence-corrected chi connectivity index (χ3v) is 5.58. The van der Waals surface area contributed by atoms with E-state index in [1.54, 1.807) is 0 Å². The van der Waals surface area contributed by atoms with Crippen LogP contribution in [0.15, 0.2) is 75.9 Å². The molecule has 2 aromatic carbocycles. The molecule has 1 fully saturated rings. The second kappa shape index (κ2) is 6.39. The van der Waals surface area contributed by atoms with Gasteiger partial charge in [-0.3, -0.25) is 0 Å². The number of fused-ring (bicyclic) bond motifs is 4. The molecule has 0 spiro atoms. The largest absolute Gasteiger partial charge is 0.428 e. The molecule has 0 saturated carbocycles. The first-order chi connectivity index (χ1) is 13.2. The summed E-state index contributed by atoms with van der Waals surface area (Å²) in [5.74, 6) is 0.788. The van der Waals surface area contributed by atoms with Crippen molar-refractivity contribution in [1.29, 1.82) is 0 Å². The van der Waals surface area contributed by atoms with Gasteiger partial charge < -0.3 is 14.1 Å². The van der Waals surface area contributed by atoms with Crippen molar-refractivity contribution in [3.63, 3.8) is 0 Å². The topological polar surface area (TPSA) is 42.7 Å². The lowest BCUT2D eigenvalue weighted by Gasteiger charge is -2.36. The first-order valence-corrected chi connectivity index (χ1v) is 9.36. The standard InChI is InChI=1S/C23H21NO3/c1-15-12-19-21(23(25)26-15)22-18(17-10-6-3-7-11-17)13-20(27-22)24(19)14-16-8-4-2-5-9-16/h2-12,18,20,22H,13-14H2,1H3/t18-,20-,22+/m0/s1. The van der Waals surface area contributed by atoms with E-state index in [2.05, 4.69) is 29.2 Å². The minimum atomic E-state index is -0.283. The molecule has 2 aliphatic rings. The van der Waals surface area contributed by atoms with Gasteiger partial charge in [0.25, 0.3) is 0 Å². The molecule has 4 heteroatoms. The summed E-state index contributed by atoms with van der Waals surface area (Å²) in [4.78, 5) is 15.0. The average molecular weight is 359 g/mol. The molecule has 5 rings (SSSR count). The van der Waals surface area contributed by atoms with E-state index in [1.165, 1.54) is 11.1 Å². The lowest BCUT2D eigenvalue weighted by atomic mass is 9.89. The van der Waals surface area contributed by atoms with E-state index < -0.39 is 0 Å². The summed E-state index contributed by atoms with van der Waals surface area (Å²) in [7, 11) is 0. The van der Waals surface area contributed by atoms with Gasteiger partial charge in [0.2, 0.25) is 0 Å². The molecule has 1 aromatic heterocycles. The Morgan fingerprint density at radius 1 is 1.04 bits per heavy atom. The Labute approximate surface area is 158 Å². The molecule has 27 heavy (non-hydrogen) atoms. The van der Waals surface area contributed by atoms with Crippen LogP contribution in [0.2, 0.25) is 0 Å². The zero-order chi connectivity index (χ0) is 18.4. The van der Waals surface area contributed by atoms with Gasteiger partial charge in [-0.2, -0.15) is 0 Å². The number of rotatable bonds is 3.